The van der Waals surface area contributed by atoms with E-state index in [1.807, 2.05) is 7.05 Å². The Hall–Kier alpha value is -4.02. The van der Waals surface area contributed by atoms with E-state index in [4.69, 9.17) is 16.3 Å². The van der Waals surface area contributed by atoms with E-state index in [9.17, 15) is 18.8 Å². The fourth-order valence-corrected chi connectivity index (χ4v) is 4.14. The van der Waals surface area contributed by atoms with Gasteiger partial charge in [-0.2, -0.15) is 0 Å². The van der Waals surface area contributed by atoms with Crippen molar-refractivity contribution in [1.29, 1.82) is 0 Å². The fraction of sp³-hybridized carbons (Fsp3) is 0.259. The Labute approximate surface area is 224 Å². The second-order valence-corrected chi connectivity index (χ2v) is 9.37. The summed E-state index contributed by atoms with van der Waals surface area (Å²) in [7, 11) is 2.04. The molecule has 0 unspecified atom stereocenters. The monoisotopic (exact) mass is 539 g/mol. The molecule has 2 heterocycles. The van der Waals surface area contributed by atoms with Gasteiger partial charge >= 0.3 is 0 Å². The SMILES string of the molecule is CN1CCC(C(=O)Nc2cc(Oc3ccc(NC(=O)CC(=O)Nc4ccc(F)cc4)c(Cl)c3)ccn2)CC1. The number of nitrogens with zero attached hydrogens (tertiary/aromatic N) is 2. The third-order valence-corrected chi connectivity index (χ3v) is 6.28. The van der Waals surface area contributed by atoms with Crippen LogP contribution in [0.4, 0.5) is 21.6 Å². The summed E-state index contributed by atoms with van der Waals surface area (Å²) in [5.41, 5.74) is 0.684. The van der Waals surface area contributed by atoms with Crippen molar-refractivity contribution in [3.05, 3.63) is 71.6 Å². The number of hydrogen-bond acceptors (Lipinski definition) is 6. The summed E-state index contributed by atoms with van der Waals surface area (Å²) in [5.74, 6) is -0.418. The Kier molecular flexibility index (Phi) is 8.88. The van der Waals surface area contributed by atoms with Gasteiger partial charge in [-0.15, -0.1) is 0 Å². The molecule has 3 N–H and O–H groups in total. The lowest BCUT2D eigenvalue weighted by molar-refractivity contribution is -0.124. The molecule has 198 valence electrons. The van der Waals surface area contributed by atoms with E-state index in [1.165, 1.54) is 36.5 Å². The first-order chi connectivity index (χ1) is 18.2. The second kappa shape index (κ2) is 12.5. The molecule has 0 radical (unpaired) electrons. The van der Waals surface area contributed by atoms with E-state index in [0.717, 1.165) is 25.9 Å². The van der Waals surface area contributed by atoms with Crippen LogP contribution in [0.5, 0.6) is 11.5 Å². The fourth-order valence-electron chi connectivity index (χ4n) is 3.92. The molecule has 2 aromatic carbocycles. The van der Waals surface area contributed by atoms with Crippen molar-refractivity contribution in [2.24, 2.45) is 5.92 Å². The van der Waals surface area contributed by atoms with E-state index in [-0.39, 0.29) is 16.8 Å². The summed E-state index contributed by atoms with van der Waals surface area (Å²) >= 11 is 6.31. The Bertz CT molecular complexity index is 1310. The second-order valence-electron chi connectivity index (χ2n) is 8.97. The Balaban J connectivity index is 1.30. The molecule has 3 amide bonds. The standard InChI is InChI=1S/C27H27ClFN5O4/c1-34-12-9-17(10-13-34)27(37)33-24-15-21(8-11-30-24)38-20-6-7-23(22(28)14-20)32-26(36)16-25(35)31-19-4-2-18(29)3-5-19/h2-8,11,14-15,17H,9-10,12-13,16H2,1H3,(H,31,35)(H,32,36)(H,30,33,37). The number of anilines is 3. The molecule has 0 atom stereocenters. The van der Waals surface area contributed by atoms with Crippen molar-refractivity contribution >= 4 is 46.5 Å². The number of nitrogens with one attached hydrogen (secondary N) is 3. The summed E-state index contributed by atoms with van der Waals surface area (Å²) in [6, 6.07) is 13.2. The molecule has 38 heavy (non-hydrogen) atoms. The van der Waals surface area contributed by atoms with Gasteiger partial charge in [0.1, 0.15) is 29.6 Å². The van der Waals surface area contributed by atoms with Crippen LogP contribution >= 0.6 is 11.6 Å². The topological polar surface area (TPSA) is 113 Å². The minimum atomic E-state index is -0.570. The third-order valence-electron chi connectivity index (χ3n) is 5.97. The molecule has 0 bridgehead atoms. The number of benzene rings is 2. The van der Waals surface area contributed by atoms with E-state index in [1.54, 1.807) is 24.3 Å². The van der Waals surface area contributed by atoms with Gasteiger partial charge in [-0.05, 0) is 75.4 Å². The van der Waals surface area contributed by atoms with Crippen LogP contribution in [0.3, 0.4) is 0 Å². The van der Waals surface area contributed by atoms with Crippen LogP contribution in [0.15, 0.2) is 60.8 Å². The Morgan fingerprint density at radius 1 is 0.974 bits per heavy atom. The summed E-state index contributed by atoms with van der Waals surface area (Å²) in [4.78, 5) is 43.4. The van der Waals surface area contributed by atoms with E-state index < -0.39 is 24.1 Å². The van der Waals surface area contributed by atoms with Gasteiger partial charge in [0.15, 0.2) is 0 Å². The molecule has 1 aromatic heterocycles. The number of pyridine rings is 1. The molecule has 11 heteroatoms. The maximum atomic E-state index is 13.0. The number of rotatable bonds is 8. The zero-order valence-corrected chi connectivity index (χ0v) is 21.4. The molecule has 3 aromatic rings. The maximum Gasteiger partial charge on any atom is 0.233 e. The van der Waals surface area contributed by atoms with Crippen LogP contribution in [-0.4, -0.2) is 47.7 Å². The summed E-state index contributed by atoms with van der Waals surface area (Å²) < 4.78 is 18.8. The summed E-state index contributed by atoms with van der Waals surface area (Å²) in [6.07, 6.45) is 2.69. The van der Waals surface area contributed by atoms with Crippen LogP contribution in [0.25, 0.3) is 0 Å². The minimum absolute atomic E-state index is 0.0480. The highest BCUT2D eigenvalue weighted by molar-refractivity contribution is 6.34. The average molecular weight is 540 g/mol. The van der Waals surface area contributed by atoms with E-state index in [0.29, 0.717) is 28.7 Å². The summed E-state index contributed by atoms with van der Waals surface area (Å²) in [5, 5.41) is 8.17. The normalized spacial score (nSPS) is 14.0. The predicted octanol–water partition coefficient (Wildman–Crippen LogP) is 4.91. The number of carbonyl (C=O) groups is 3. The minimum Gasteiger partial charge on any atom is -0.457 e. The van der Waals surface area contributed by atoms with Gasteiger partial charge in [0.25, 0.3) is 0 Å². The molecule has 4 rings (SSSR count). The van der Waals surface area contributed by atoms with Gasteiger partial charge in [-0.25, -0.2) is 9.37 Å². The van der Waals surface area contributed by atoms with Crippen LogP contribution in [0, 0.1) is 11.7 Å². The number of ether oxygens (including phenoxy) is 1. The number of amides is 3. The molecule has 1 aliphatic rings. The zero-order valence-electron chi connectivity index (χ0n) is 20.7. The highest BCUT2D eigenvalue weighted by Crippen LogP contribution is 2.30. The molecule has 0 saturated carbocycles. The highest BCUT2D eigenvalue weighted by atomic mass is 35.5. The largest absolute Gasteiger partial charge is 0.457 e. The molecule has 0 spiro atoms. The Morgan fingerprint density at radius 3 is 2.37 bits per heavy atom. The third kappa shape index (κ3) is 7.74. The number of piperidine rings is 1. The molecule has 1 aliphatic heterocycles. The lowest BCUT2D eigenvalue weighted by atomic mass is 9.96. The van der Waals surface area contributed by atoms with Crippen molar-refractivity contribution < 1.29 is 23.5 Å². The van der Waals surface area contributed by atoms with Gasteiger partial charge in [0.2, 0.25) is 17.7 Å². The van der Waals surface area contributed by atoms with Gasteiger partial charge < -0.3 is 25.6 Å². The zero-order chi connectivity index (χ0) is 27.1. The van der Waals surface area contributed by atoms with Gasteiger partial charge in [-0.3, -0.25) is 14.4 Å². The number of halogens is 2. The number of aromatic nitrogens is 1. The molecular formula is C27H27ClFN5O4. The van der Waals surface area contributed by atoms with Crippen LogP contribution < -0.4 is 20.7 Å². The first kappa shape index (κ1) is 27.0. The molecule has 1 saturated heterocycles. The predicted molar refractivity (Wildman–Crippen MR) is 143 cm³/mol. The van der Waals surface area contributed by atoms with Crippen molar-refractivity contribution in [2.45, 2.75) is 19.3 Å². The van der Waals surface area contributed by atoms with Crippen LogP contribution in [0.2, 0.25) is 5.02 Å². The smallest absolute Gasteiger partial charge is 0.233 e. The van der Waals surface area contributed by atoms with E-state index in [2.05, 4.69) is 25.8 Å². The van der Waals surface area contributed by atoms with Crippen molar-refractivity contribution in [1.82, 2.24) is 9.88 Å². The van der Waals surface area contributed by atoms with Crippen LogP contribution in [0.1, 0.15) is 19.3 Å². The number of carbonyl (C=O) groups excluding carboxylic acids is 3. The average Bonchev–Trinajstić information content (AvgIpc) is 2.87. The van der Waals surface area contributed by atoms with E-state index >= 15 is 0 Å². The van der Waals surface area contributed by atoms with Crippen LogP contribution in [-0.2, 0) is 14.4 Å². The number of likely N-dealkylation sites (tertiary alicyclic amines) is 1. The Morgan fingerprint density at radius 2 is 1.66 bits per heavy atom. The first-order valence-corrected chi connectivity index (χ1v) is 12.4. The molecule has 1 fully saturated rings. The molecule has 9 nitrogen and oxygen atoms in total. The van der Waals surface area contributed by atoms with Crippen molar-refractivity contribution in [2.75, 3.05) is 36.1 Å². The molecule has 0 aliphatic carbocycles. The lowest BCUT2D eigenvalue weighted by Gasteiger charge is -2.27. The summed E-state index contributed by atoms with van der Waals surface area (Å²) in [6.45, 7) is 1.77. The first-order valence-electron chi connectivity index (χ1n) is 12.0. The lowest BCUT2D eigenvalue weighted by Crippen LogP contribution is -2.36. The highest BCUT2D eigenvalue weighted by Gasteiger charge is 2.23. The number of hydrogen-bond donors (Lipinski definition) is 3. The molecular weight excluding hydrogens is 513 g/mol. The van der Waals surface area contributed by atoms with Crippen molar-refractivity contribution in [3.63, 3.8) is 0 Å². The van der Waals surface area contributed by atoms with Gasteiger partial charge in [-0.1, -0.05) is 11.6 Å². The van der Waals surface area contributed by atoms with Gasteiger partial charge in [0.05, 0.1) is 10.7 Å². The van der Waals surface area contributed by atoms with Crippen molar-refractivity contribution in [3.8, 4) is 11.5 Å². The maximum absolute atomic E-state index is 13.0. The van der Waals surface area contributed by atoms with Gasteiger partial charge in [0, 0.05) is 29.9 Å². The quantitative estimate of drug-likeness (QED) is 0.350.